The molecule has 0 heterocycles. The van der Waals surface area contributed by atoms with E-state index in [2.05, 4.69) is 0 Å². The van der Waals surface area contributed by atoms with E-state index in [1.54, 1.807) is 6.07 Å². The van der Waals surface area contributed by atoms with Crippen LogP contribution < -0.4 is 9.47 Å². The highest BCUT2D eigenvalue weighted by Gasteiger charge is 2.44. The number of ether oxygens (including phenoxy) is 2. The van der Waals surface area contributed by atoms with Gasteiger partial charge in [-0.25, -0.2) is 0 Å². The number of benzene rings is 1. The van der Waals surface area contributed by atoms with Crippen LogP contribution >= 0.6 is 0 Å². The minimum absolute atomic E-state index is 0.0198. The summed E-state index contributed by atoms with van der Waals surface area (Å²) < 4.78 is 24.3. The van der Waals surface area contributed by atoms with E-state index in [0.717, 1.165) is 19.3 Å². The van der Waals surface area contributed by atoms with Gasteiger partial charge in [-0.1, -0.05) is 25.3 Å². The molecule has 0 bridgehead atoms. The zero-order chi connectivity index (χ0) is 14.8. The van der Waals surface area contributed by atoms with Gasteiger partial charge in [0.05, 0.1) is 19.6 Å². The first-order valence-electron chi connectivity index (χ1n) is 6.71. The minimum atomic E-state index is -1.06. The fraction of sp³-hybridized carbons (Fsp3) is 0.533. The molecule has 110 valence electrons. The van der Waals surface area contributed by atoms with Crippen LogP contribution in [0.1, 0.15) is 37.7 Å². The molecule has 1 saturated carbocycles. The molecule has 0 aliphatic heterocycles. The van der Waals surface area contributed by atoms with Crippen LogP contribution in [0.25, 0.3) is 0 Å². The molecule has 0 amide bonds. The summed E-state index contributed by atoms with van der Waals surface area (Å²) >= 11 is 0. The van der Waals surface area contributed by atoms with Gasteiger partial charge in [-0.15, -0.1) is 0 Å². The van der Waals surface area contributed by atoms with E-state index in [4.69, 9.17) is 9.47 Å². The Balaban J connectivity index is 2.59. The lowest BCUT2D eigenvalue weighted by Gasteiger charge is -2.34. The highest BCUT2D eigenvalue weighted by Crippen LogP contribution is 2.45. The van der Waals surface area contributed by atoms with Crippen molar-refractivity contribution < 1.29 is 23.8 Å². The lowest BCUT2D eigenvalue weighted by Crippen LogP contribution is -2.38. The Labute approximate surface area is 117 Å². The van der Waals surface area contributed by atoms with Crippen LogP contribution in [0.5, 0.6) is 11.5 Å². The molecule has 2 rings (SSSR count). The van der Waals surface area contributed by atoms with Gasteiger partial charge < -0.3 is 14.6 Å². The predicted molar refractivity (Wildman–Crippen MR) is 71.9 cm³/mol. The second-order valence-electron chi connectivity index (χ2n) is 5.11. The molecule has 0 aromatic heterocycles. The second kappa shape index (κ2) is 5.69. The highest BCUT2D eigenvalue weighted by molar-refractivity contribution is 5.83. The maximum Gasteiger partial charge on any atom is 0.314 e. The molecule has 20 heavy (non-hydrogen) atoms. The Hall–Kier alpha value is -1.78. The zero-order valence-electron chi connectivity index (χ0n) is 11.7. The monoisotopic (exact) mass is 282 g/mol. The molecule has 5 heteroatoms. The summed E-state index contributed by atoms with van der Waals surface area (Å²) in [5, 5.41) is 9.67. The summed E-state index contributed by atoms with van der Waals surface area (Å²) in [5.74, 6) is -1.52. The van der Waals surface area contributed by atoms with Crippen molar-refractivity contribution in [3.8, 4) is 11.5 Å². The smallest absolute Gasteiger partial charge is 0.314 e. The number of carboxylic acid groups (broad SMARTS) is 1. The van der Waals surface area contributed by atoms with Gasteiger partial charge in [-0.2, -0.15) is 4.39 Å². The van der Waals surface area contributed by atoms with Gasteiger partial charge in [0.15, 0.2) is 11.5 Å². The van der Waals surface area contributed by atoms with Crippen molar-refractivity contribution in [2.75, 3.05) is 14.2 Å². The van der Waals surface area contributed by atoms with Crippen LogP contribution in [0.3, 0.4) is 0 Å². The molecular weight excluding hydrogens is 263 g/mol. The Bertz CT molecular complexity index is 507. The van der Waals surface area contributed by atoms with Crippen molar-refractivity contribution in [2.45, 2.75) is 37.5 Å². The van der Waals surface area contributed by atoms with Gasteiger partial charge in [-0.3, -0.25) is 4.79 Å². The van der Waals surface area contributed by atoms with Crippen LogP contribution in [0, 0.1) is 5.82 Å². The lowest BCUT2D eigenvalue weighted by atomic mass is 9.69. The van der Waals surface area contributed by atoms with E-state index in [1.807, 2.05) is 0 Å². The first kappa shape index (κ1) is 14.6. The van der Waals surface area contributed by atoms with E-state index in [9.17, 15) is 14.3 Å². The van der Waals surface area contributed by atoms with Crippen LogP contribution in [0.2, 0.25) is 0 Å². The van der Waals surface area contributed by atoms with Crippen LogP contribution in [-0.2, 0) is 10.2 Å². The molecule has 0 radical (unpaired) electrons. The molecule has 1 aliphatic rings. The molecule has 0 atom stereocenters. The summed E-state index contributed by atoms with van der Waals surface area (Å²) in [7, 11) is 2.71. The largest absolute Gasteiger partial charge is 0.494 e. The Morgan fingerprint density at radius 3 is 2.35 bits per heavy atom. The first-order chi connectivity index (χ1) is 9.56. The number of rotatable bonds is 4. The molecule has 0 spiro atoms. The standard InChI is InChI=1S/C15H19FO4/c1-19-11-7-6-10(13(20-2)12(11)16)15(14(17)18)8-4-3-5-9-15/h6-7H,3-5,8-9H2,1-2H3,(H,17,18). The zero-order valence-corrected chi connectivity index (χ0v) is 11.7. The van der Waals surface area contributed by atoms with E-state index < -0.39 is 17.2 Å². The number of methoxy groups -OCH3 is 2. The van der Waals surface area contributed by atoms with Crippen molar-refractivity contribution in [1.29, 1.82) is 0 Å². The molecule has 1 aromatic rings. The summed E-state index contributed by atoms with van der Waals surface area (Å²) in [6, 6.07) is 3.08. The van der Waals surface area contributed by atoms with Crippen molar-refractivity contribution in [3.05, 3.63) is 23.5 Å². The molecule has 1 N–H and O–H groups in total. The third kappa shape index (κ3) is 2.21. The van der Waals surface area contributed by atoms with Gasteiger partial charge in [0.2, 0.25) is 5.82 Å². The number of hydrogen-bond acceptors (Lipinski definition) is 3. The van der Waals surface area contributed by atoms with Crippen molar-refractivity contribution >= 4 is 5.97 Å². The van der Waals surface area contributed by atoms with Crippen LogP contribution in [0.4, 0.5) is 4.39 Å². The first-order valence-corrected chi connectivity index (χ1v) is 6.71. The Morgan fingerprint density at radius 2 is 1.85 bits per heavy atom. The number of carbonyl (C=O) groups is 1. The molecule has 0 unspecified atom stereocenters. The summed E-state index contributed by atoms with van der Waals surface area (Å²) in [5.41, 5.74) is -0.651. The van der Waals surface area contributed by atoms with Gasteiger partial charge in [-0.05, 0) is 18.9 Å². The topological polar surface area (TPSA) is 55.8 Å². The van der Waals surface area contributed by atoms with E-state index in [1.165, 1.54) is 20.3 Å². The van der Waals surface area contributed by atoms with Crippen molar-refractivity contribution in [1.82, 2.24) is 0 Å². The summed E-state index contributed by atoms with van der Waals surface area (Å²) in [6.45, 7) is 0. The van der Waals surface area contributed by atoms with E-state index in [-0.39, 0.29) is 11.5 Å². The van der Waals surface area contributed by atoms with Gasteiger partial charge in [0.1, 0.15) is 0 Å². The normalized spacial score (nSPS) is 17.6. The molecule has 4 nitrogen and oxygen atoms in total. The molecule has 1 fully saturated rings. The molecule has 1 aliphatic carbocycles. The summed E-state index contributed by atoms with van der Waals surface area (Å²) in [4.78, 5) is 11.8. The number of halogens is 1. The Morgan fingerprint density at radius 1 is 1.20 bits per heavy atom. The van der Waals surface area contributed by atoms with E-state index in [0.29, 0.717) is 18.4 Å². The maximum atomic E-state index is 14.3. The van der Waals surface area contributed by atoms with Gasteiger partial charge in [0, 0.05) is 5.56 Å². The number of aliphatic carboxylic acids is 1. The lowest BCUT2D eigenvalue weighted by molar-refractivity contribution is -0.145. The third-order valence-corrected chi connectivity index (χ3v) is 4.12. The summed E-state index contributed by atoms with van der Waals surface area (Å²) in [6.07, 6.45) is 3.66. The predicted octanol–water partition coefficient (Wildman–Crippen LogP) is 3.13. The maximum absolute atomic E-state index is 14.3. The fourth-order valence-electron chi connectivity index (χ4n) is 3.03. The molecule has 0 saturated heterocycles. The fourth-order valence-corrected chi connectivity index (χ4v) is 3.03. The minimum Gasteiger partial charge on any atom is -0.494 e. The molecular formula is C15H19FO4. The average molecular weight is 282 g/mol. The quantitative estimate of drug-likeness (QED) is 0.921. The average Bonchev–Trinajstić information content (AvgIpc) is 2.47. The van der Waals surface area contributed by atoms with Gasteiger partial charge >= 0.3 is 5.97 Å². The third-order valence-electron chi connectivity index (χ3n) is 4.12. The second-order valence-corrected chi connectivity index (χ2v) is 5.11. The SMILES string of the molecule is COc1ccc(C2(C(=O)O)CCCCC2)c(OC)c1F. The van der Waals surface area contributed by atoms with Crippen LogP contribution in [0.15, 0.2) is 12.1 Å². The number of carboxylic acids is 1. The number of hydrogen-bond donors (Lipinski definition) is 1. The van der Waals surface area contributed by atoms with Crippen LogP contribution in [-0.4, -0.2) is 25.3 Å². The van der Waals surface area contributed by atoms with Crippen molar-refractivity contribution in [3.63, 3.8) is 0 Å². The Kier molecular flexibility index (Phi) is 4.16. The van der Waals surface area contributed by atoms with Crippen molar-refractivity contribution in [2.24, 2.45) is 0 Å². The highest BCUT2D eigenvalue weighted by atomic mass is 19.1. The molecule has 1 aromatic carbocycles. The van der Waals surface area contributed by atoms with E-state index >= 15 is 0 Å². The van der Waals surface area contributed by atoms with Gasteiger partial charge in [0.25, 0.3) is 0 Å².